The number of rotatable bonds is 3. The van der Waals surface area contributed by atoms with Crippen molar-refractivity contribution >= 4 is 12.0 Å². The van der Waals surface area contributed by atoms with Crippen molar-refractivity contribution in [2.45, 2.75) is 6.92 Å². The molecule has 0 radical (unpaired) electrons. The molecule has 0 spiro atoms. The average Bonchev–Trinajstić information content (AvgIpc) is 2.26. The molecule has 0 bridgehead atoms. The van der Waals surface area contributed by atoms with E-state index in [2.05, 4.69) is 0 Å². The minimum Gasteiger partial charge on any atom is -0.462 e. The van der Waals surface area contributed by atoms with Gasteiger partial charge in [-0.2, -0.15) is 5.26 Å². The molecule has 1 aromatic rings. The molecule has 0 unspecified atom stereocenters. The Morgan fingerprint density at radius 3 is 3.00 bits per heavy atom. The van der Waals surface area contributed by atoms with E-state index in [1.807, 2.05) is 42.2 Å². The molecule has 0 saturated heterocycles. The third-order valence-electron chi connectivity index (χ3n) is 1.89. The molecule has 0 aliphatic carbocycles. The molecule has 1 aromatic heterocycles. The third-order valence-corrected chi connectivity index (χ3v) is 1.89. The Morgan fingerprint density at radius 2 is 2.44 bits per heavy atom. The van der Waals surface area contributed by atoms with Gasteiger partial charge >= 0.3 is 5.97 Å². The van der Waals surface area contributed by atoms with Crippen LogP contribution in [-0.4, -0.2) is 12.6 Å². The second-order valence-corrected chi connectivity index (χ2v) is 3.19. The van der Waals surface area contributed by atoms with E-state index in [9.17, 15) is 4.79 Å². The van der Waals surface area contributed by atoms with Crippen molar-refractivity contribution in [3.63, 3.8) is 0 Å². The highest BCUT2D eigenvalue weighted by molar-refractivity contribution is 5.97. The Balaban J connectivity index is 2.97. The molecule has 0 aromatic carbocycles. The van der Waals surface area contributed by atoms with Crippen molar-refractivity contribution in [2.24, 2.45) is 7.05 Å². The van der Waals surface area contributed by atoms with Gasteiger partial charge in [0, 0.05) is 11.6 Å². The molecular formula is C12H13N2O2+. The van der Waals surface area contributed by atoms with Crippen molar-refractivity contribution in [3.05, 3.63) is 35.7 Å². The first-order chi connectivity index (χ1) is 7.67. The number of carbonyl (C=O) groups is 1. The topological polar surface area (TPSA) is 54.0 Å². The van der Waals surface area contributed by atoms with Gasteiger partial charge in [-0.05, 0) is 19.1 Å². The van der Waals surface area contributed by atoms with Crippen LogP contribution in [0.2, 0.25) is 0 Å². The number of hydrogen-bond acceptors (Lipinski definition) is 3. The molecule has 1 rings (SSSR count). The molecule has 1 heterocycles. The highest BCUT2D eigenvalue weighted by atomic mass is 16.5. The molecule has 0 amide bonds. The van der Waals surface area contributed by atoms with Gasteiger partial charge in [0.2, 0.25) is 0 Å². The number of pyridine rings is 1. The Kier molecular flexibility index (Phi) is 4.22. The van der Waals surface area contributed by atoms with Crippen LogP contribution < -0.4 is 4.57 Å². The predicted octanol–water partition coefficient (Wildman–Crippen LogP) is 0.981. The molecule has 0 saturated carbocycles. The molecule has 16 heavy (non-hydrogen) atoms. The van der Waals surface area contributed by atoms with Crippen molar-refractivity contribution in [1.29, 1.82) is 5.26 Å². The number of aryl methyl sites for hydroxylation is 1. The zero-order valence-corrected chi connectivity index (χ0v) is 9.30. The van der Waals surface area contributed by atoms with E-state index < -0.39 is 5.97 Å². The van der Waals surface area contributed by atoms with Crippen LogP contribution in [0.15, 0.2) is 30.1 Å². The summed E-state index contributed by atoms with van der Waals surface area (Å²) in [6.07, 6.45) is 5.20. The number of hydrogen-bond donors (Lipinski definition) is 0. The highest BCUT2D eigenvalue weighted by Gasteiger charge is 2.10. The predicted molar refractivity (Wildman–Crippen MR) is 57.8 cm³/mol. The molecule has 82 valence electrons. The Morgan fingerprint density at radius 1 is 1.69 bits per heavy atom. The van der Waals surface area contributed by atoms with Crippen LogP contribution in [0.25, 0.3) is 6.08 Å². The van der Waals surface area contributed by atoms with Crippen LogP contribution >= 0.6 is 0 Å². The summed E-state index contributed by atoms with van der Waals surface area (Å²) in [5, 5.41) is 8.83. The molecule has 4 heteroatoms. The van der Waals surface area contributed by atoms with Gasteiger partial charge in [0.05, 0.1) is 6.61 Å². The lowest BCUT2D eigenvalue weighted by molar-refractivity contribution is -0.671. The first-order valence-electron chi connectivity index (χ1n) is 4.91. The lowest BCUT2D eigenvalue weighted by Gasteiger charge is -1.98. The molecule has 0 atom stereocenters. The van der Waals surface area contributed by atoms with Gasteiger partial charge in [-0.25, -0.2) is 9.36 Å². The SMILES string of the molecule is CCOC(=O)/C(C#N)=C\c1ccc[n+](C)c1. The number of esters is 1. The summed E-state index contributed by atoms with van der Waals surface area (Å²) in [7, 11) is 1.87. The first kappa shape index (κ1) is 11.9. The van der Waals surface area contributed by atoms with Gasteiger partial charge in [0.25, 0.3) is 0 Å². The maximum absolute atomic E-state index is 11.3. The van der Waals surface area contributed by atoms with E-state index >= 15 is 0 Å². The van der Waals surface area contributed by atoms with Crippen LogP contribution in [0.4, 0.5) is 0 Å². The van der Waals surface area contributed by atoms with Crippen LogP contribution in [-0.2, 0) is 16.6 Å². The fourth-order valence-corrected chi connectivity index (χ4v) is 1.21. The number of nitrogens with zero attached hydrogens (tertiary/aromatic N) is 2. The number of nitriles is 1. The summed E-state index contributed by atoms with van der Waals surface area (Å²) < 4.78 is 6.60. The number of ether oxygens (including phenoxy) is 1. The summed E-state index contributed by atoms with van der Waals surface area (Å²) in [6.45, 7) is 1.97. The minimum absolute atomic E-state index is 0.00745. The molecular weight excluding hydrogens is 204 g/mol. The minimum atomic E-state index is -0.587. The van der Waals surface area contributed by atoms with Crippen LogP contribution in [0, 0.1) is 11.3 Å². The van der Waals surface area contributed by atoms with Gasteiger partial charge in [0.15, 0.2) is 12.4 Å². The van der Waals surface area contributed by atoms with Crippen molar-refractivity contribution in [1.82, 2.24) is 0 Å². The highest BCUT2D eigenvalue weighted by Crippen LogP contribution is 2.05. The monoisotopic (exact) mass is 217 g/mol. The van der Waals surface area contributed by atoms with Crippen LogP contribution in [0.3, 0.4) is 0 Å². The second-order valence-electron chi connectivity index (χ2n) is 3.19. The second kappa shape index (κ2) is 5.66. The van der Waals surface area contributed by atoms with E-state index in [4.69, 9.17) is 10.00 Å². The summed E-state index contributed by atoms with van der Waals surface area (Å²) in [4.78, 5) is 11.3. The largest absolute Gasteiger partial charge is 0.462 e. The zero-order chi connectivity index (χ0) is 12.0. The van der Waals surface area contributed by atoms with E-state index in [0.29, 0.717) is 0 Å². The fourth-order valence-electron chi connectivity index (χ4n) is 1.21. The van der Waals surface area contributed by atoms with Crippen molar-refractivity contribution < 1.29 is 14.1 Å². The van der Waals surface area contributed by atoms with Gasteiger partial charge in [-0.3, -0.25) is 0 Å². The molecule has 0 fully saturated rings. The van der Waals surface area contributed by atoms with E-state index in [1.165, 1.54) is 6.08 Å². The summed E-state index contributed by atoms with van der Waals surface area (Å²) >= 11 is 0. The van der Waals surface area contributed by atoms with Gasteiger partial charge in [0.1, 0.15) is 18.7 Å². The zero-order valence-electron chi connectivity index (χ0n) is 9.30. The van der Waals surface area contributed by atoms with Gasteiger partial charge in [-0.1, -0.05) is 0 Å². The number of aromatic nitrogens is 1. The summed E-state index contributed by atoms with van der Waals surface area (Å²) in [6, 6.07) is 5.49. The van der Waals surface area contributed by atoms with Crippen molar-refractivity contribution in [3.8, 4) is 6.07 Å². The fraction of sp³-hybridized carbons (Fsp3) is 0.250. The maximum atomic E-state index is 11.3. The molecule has 0 N–H and O–H groups in total. The van der Waals surface area contributed by atoms with Crippen molar-refractivity contribution in [2.75, 3.05) is 6.61 Å². The lowest BCUT2D eigenvalue weighted by Crippen LogP contribution is -2.26. The first-order valence-corrected chi connectivity index (χ1v) is 4.91. The number of carbonyl (C=O) groups excluding carboxylic acids is 1. The summed E-state index contributed by atoms with van der Waals surface area (Å²) in [5.74, 6) is -0.587. The summed E-state index contributed by atoms with van der Waals surface area (Å²) in [5.41, 5.74) is 0.794. The molecule has 0 aliphatic rings. The third kappa shape index (κ3) is 3.21. The standard InChI is InChI=1S/C12H13N2O2/c1-3-16-12(15)11(8-13)7-10-5-4-6-14(2)9-10/h4-7,9H,3H2,1-2H3/q+1/b11-7-. The van der Waals surface area contributed by atoms with Crippen LogP contribution in [0.5, 0.6) is 0 Å². The average molecular weight is 217 g/mol. The Labute approximate surface area is 94.4 Å². The molecule has 0 aliphatic heterocycles. The Hall–Kier alpha value is -2.15. The Bertz CT molecular complexity index is 458. The van der Waals surface area contributed by atoms with Crippen LogP contribution in [0.1, 0.15) is 12.5 Å². The lowest BCUT2D eigenvalue weighted by atomic mass is 10.2. The smallest absolute Gasteiger partial charge is 0.348 e. The van der Waals surface area contributed by atoms with E-state index in [1.54, 1.807) is 6.92 Å². The van der Waals surface area contributed by atoms with E-state index in [0.717, 1.165) is 5.56 Å². The van der Waals surface area contributed by atoms with Gasteiger partial charge < -0.3 is 4.74 Å². The van der Waals surface area contributed by atoms with E-state index in [-0.39, 0.29) is 12.2 Å². The molecule has 4 nitrogen and oxygen atoms in total. The maximum Gasteiger partial charge on any atom is 0.348 e. The normalized spacial score (nSPS) is 10.7. The van der Waals surface area contributed by atoms with Gasteiger partial charge in [-0.15, -0.1) is 0 Å². The quantitative estimate of drug-likeness (QED) is 0.328.